The lowest BCUT2D eigenvalue weighted by Crippen LogP contribution is -2.11. The fourth-order valence-corrected chi connectivity index (χ4v) is 3.55. The van der Waals surface area contributed by atoms with Gasteiger partial charge in [0.25, 0.3) is 0 Å². The molecule has 18 heavy (non-hydrogen) atoms. The van der Waals surface area contributed by atoms with Gasteiger partial charge in [0.05, 0.1) is 9.81 Å². The summed E-state index contributed by atoms with van der Waals surface area (Å²) in [6, 6.07) is 6.55. The Morgan fingerprint density at radius 1 is 1.06 bits per heavy atom. The van der Waals surface area contributed by atoms with E-state index in [2.05, 4.69) is 0 Å². The first-order valence-corrected chi connectivity index (χ1v) is 7.27. The van der Waals surface area contributed by atoms with Crippen LogP contribution in [0.5, 0.6) is 0 Å². The van der Waals surface area contributed by atoms with E-state index in [1.165, 1.54) is 30.4 Å². The van der Waals surface area contributed by atoms with Crippen LogP contribution >= 0.6 is 35.1 Å². The third kappa shape index (κ3) is 2.88. The molecule has 0 atom stereocenters. The molecule has 0 aliphatic carbocycles. The van der Waals surface area contributed by atoms with Gasteiger partial charge in [-0.2, -0.15) is 0 Å². The van der Waals surface area contributed by atoms with Gasteiger partial charge in [0, 0.05) is 10.6 Å². The molecule has 0 fully saturated rings. The summed E-state index contributed by atoms with van der Waals surface area (Å²) in [5, 5.41) is 4.28. The summed E-state index contributed by atoms with van der Waals surface area (Å²) in [7, 11) is 0. The molecule has 0 saturated carbocycles. The van der Waals surface area contributed by atoms with E-state index in [4.69, 9.17) is 11.6 Å². The zero-order valence-electron chi connectivity index (χ0n) is 9.48. The van der Waals surface area contributed by atoms with Crippen molar-refractivity contribution in [1.82, 2.24) is 0 Å². The molecule has 1 heterocycles. The molecule has 0 aromatic heterocycles. The van der Waals surface area contributed by atoms with Crippen LogP contribution in [0.1, 0.15) is 17.3 Å². The monoisotopic (exact) mass is 296 g/mol. The summed E-state index contributed by atoms with van der Waals surface area (Å²) in [6.45, 7) is 1.41. The Kier molecular flexibility index (Phi) is 4.32. The van der Waals surface area contributed by atoms with E-state index < -0.39 is 0 Å². The molecule has 2 rings (SSSR count). The number of allylic oxidation sites excluding steroid dienone is 1. The van der Waals surface area contributed by atoms with Crippen LogP contribution in [0, 0.1) is 0 Å². The van der Waals surface area contributed by atoms with Crippen LogP contribution in [0.15, 0.2) is 44.9 Å². The molecule has 1 aliphatic heterocycles. The van der Waals surface area contributed by atoms with E-state index in [1.807, 2.05) is 10.8 Å². The number of hydrogen-bond acceptors (Lipinski definition) is 4. The van der Waals surface area contributed by atoms with Gasteiger partial charge in [-0.25, -0.2) is 0 Å². The number of rotatable bonds is 3. The standard InChI is InChI=1S/C13H9ClO2S2/c1-8(15)11(13-17-6-7-18-13)12(16)9-2-4-10(14)5-3-9/h2-7H,1H3. The van der Waals surface area contributed by atoms with Gasteiger partial charge in [0.1, 0.15) is 0 Å². The summed E-state index contributed by atoms with van der Waals surface area (Å²) in [4.78, 5) is 24.0. The first-order chi connectivity index (χ1) is 8.59. The largest absolute Gasteiger partial charge is 0.294 e. The smallest absolute Gasteiger partial charge is 0.198 e. The van der Waals surface area contributed by atoms with Gasteiger partial charge < -0.3 is 0 Å². The third-order valence-corrected chi connectivity index (χ3v) is 4.68. The molecule has 1 aromatic rings. The summed E-state index contributed by atoms with van der Waals surface area (Å²) in [5.41, 5.74) is 0.725. The molecular formula is C13H9ClO2S2. The Morgan fingerprint density at radius 3 is 2.11 bits per heavy atom. The first kappa shape index (κ1) is 13.5. The average molecular weight is 297 g/mol. The minimum absolute atomic E-state index is 0.214. The number of thioether (sulfide) groups is 2. The van der Waals surface area contributed by atoms with Crippen LogP contribution in [-0.4, -0.2) is 11.6 Å². The number of benzene rings is 1. The van der Waals surface area contributed by atoms with Crippen molar-refractivity contribution in [2.24, 2.45) is 0 Å². The minimum atomic E-state index is -0.252. The van der Waals surface area contributed by atoms with E-state index >= 15 is 0 Å². The van der Waals surface area contributed by atoms with Gasteiger partial charge in [0.2, 0.25) is 0 Å². The molecule has 92 valence electrons. The van der Waals surface area contributed by atoms with E-state index in [1.54, 1.807) is 24.3 Å². The quantitative estimate of drug-likeness (QED) is 0.361. The Balaban J connectivity index is 2.38. The van der Waals surface area contributed by atoms with Gasteiger partial charge in [-0.15, -0.1) is 0 Å². The zero-order valence-corrected chi connectivity index (χ0v) is 11.9. The lowest BCUT2D eigenvalue weighted by molar-refractivity contribution is -0.113. The Morgan fingerprint density at radius 2 is 1.61 bits per heavy atom. The van der Waals surface area contributed by atoms with E-state index in [0.29, 0.717) is 10.6 Å². The minimum Gasteiger partial charge on any atom is -0.294 e. The molecule has 0 amide bonds. The van der Waals surface area contributed by atoms with Crippen LogP contribution in [0.3, 0.4) is 0 Å². The molecule has 0 unspecified atom stereocenters. The van der Waals surface area contributed by atoms with Crippen molar-refractivity contribution in [3.63, 3.8) is 0 Å². The van der Waals surface area contributed by atoms with Gasteiger partial charge in [0.15, 0.2) is 11.6 Å². The maximum atomic E-state index is 12.3. The molecular weight excluding hydrogens is 288 g/mol. The lowest BCUT2D eigenvalue weighted by atomic mass is 10.0. The van der Waals surface area contributed by atoms with Crippen molar-refractivity contribution in [2.45, 2.75) is 6.92 Å². The highest BCUT2D eigenvalue weighted by Gasteiger charge is 2.22. The van der Waals surface area contributed by atoms with Gasteiger partial charge in [-0.3, -0.25) is 9.59 Å². The second-order valence-electron chi connectivity index (χ2n) is 3.56. The molecule has 0 radical (unpaired) electrons. The van der Waals surface area contributed by atoms with E-state index in [0.717, 1.165) is 4.24 Å². The normalized spacial score (nSPS) is 13.8. The summed E-state index contributed by atoms with van der Waals surface area (Å²) in [6.07, 6.45) is 0. The van der Waals surface area contributed by atoms with E-state index in [9.17, 15) is 9.59 Å². The second-order valence-corrected chi connectivity index (χ2v) is 6.09. The van der Waals surface area contributed by atoms with Crippen LogP contribution in [0.4, 0.5) is 0 Å². The van der Waals surface area contributed by atoms with Crippen molar-refractivity contribution in [3.8, 4) is 0 Å². The molecule has 0 spiro atoms. The number of hydrogen-bond donors (Lipinski definition) is 0. The molecule has 1 aromatic carbocycles. The summed E-state index contributed by atoms with van der Waals surface area (Å²) >= 11 is 8.58. The second kappa shape index (κ2) is 5.78. The molecule has 1 aliphatic rings. The topological polar surface area (TPSA) is 34.1 Å². The Labute approximate surface area is 118 Å². The summed E-state index contributed by atoms with van der Waals surface area (Å²) < 4.78 is 0.738. The molecule has 5 heteroatoms. The predicted molar refractivity (Wildman–Crippen MR) is 77.8 cm³/mol. The third-order valence-electron chi connectivity index (χ3n) is 2.30. The van der Waals surface area contributed by atoms with Crippen LogP contribution in [0.2, 0.25) is 5.02 Å². The van der Waals surface area contributed by atoms with Gasteiger partial charge in [-0.1, -0.05) is 35.1 Å². The van der Waals surface area contributed by atoms with Gasteiger partial charge >= 0.3 is 0 Å². The maximum absolute atomic E-state index is 12.3. The molecule has 2 nitrogen and oxygen atoms in total. The molecule has 0 bridgehead atoms. The van der Waals surface area contributed by atoms with Crippen LogP contribution in [0.25, 0.3) is 0 Å². The number of Topliss-reactive ketones (excluding diaryl/α,β-unsaturated/α-hetero) is 2. The van der Waals surface area contributed by atoms with Crippen LogP contribution in [-0.2, 0) is 4.79 Å². The van der Waals surface area contributed by atoms with Crippen molar-refractivity contribution in [2.75, 3.05) is 0 Å². The summed E-state index contributed by atoms with van der Waals surface area (Å²) in [5.74, 6) is -0.466. The highest BCUT2D eigenvalue weighted by molar-refractivity contribution is 8.27. The fraction of sp³-hybridized carbons (Fsp3) is 0.0769. The van der Waals surface area contributed by atoms with Gasteiger partial charge in [-0.05, 0) is 42.0 Å². The first-order valence-electron chi connectivity index (χ1n) is 5.13. The zero-order chi connectivity index (χ0) is 13.1. The Hall–Kier alpha value is -0.970. The molecule has 0 N–H and O–H groups in total. The SMILES string of the molecule is CC(=O)C(C(=O)c1ccc(Cl)cc1)=C1SC=CS1. The lowest BCUT2D eigenvalue weighted by Gasteiger charge is -2.06. The van der Waals surface area contributed by atoms with Crippen LogP contribution < -0.4 is 0 Å². The van der Waals surface area contributed by atoms with Crippen molar-refractivity contribution >= 4 is 46.7 Å². The fourth-order valence-electron chi connectivity index (χ4n) is 1.47. The number of ketones is 2. The number of carbonyl (C=O) groups excluding carboxylic acids is 2. The predicted octanol–water partition coefficient (Wildman–Crippen LogP) is 4.27. The number of halogens is 1. The van der Waals surface area contributed by atoms with Crippen molar-refractivity contribution < 1.29 is 9.59 Å². The van der Waals surface area contributed by atoms with Crippen molar-refractivity contribution in [1.29, 1.82) is 0 Å². The van der Waals surface area contributed by atoms with E-state index in [-0.39, 0.29) is 17.1 Å². The highest BCUT2D eigenvalue weighted by Crippen LogP contribution is 2.40. The molecule has 0 saturated heterocycles. The average Bonchev–Trinajstić information content (AvgIpc) is 2.83. The maximum Gasteiger partial charge on any atom is 0.198 e. The number of carbonyl (C=O) groups is 2. The van der Waals surface area contributed by atoms with Crippen molar-refractivity contribution in [3.05, 3.63) is 55.5 Å². The Bertz CT molecular complexity index is 549. The highest BCUT2D eigenvalue weighted by atomic mass is 35.5.